The monoisotopic (exact) mass is 242 g/mol. The van der Waals surface area contributed by atoms with Crippen LogP contribution in [-0.4, -0.2) is 11.2 Å². The highest BCUT2D eigenvalue weighted by Gasteiger charge is 1.89. The number of rotatable bonds is 0. The second-order valence-corrected chi connectivity index (χ2v) is 6.38. The van der Waals surface area contributed by atoms with Crippen LogP contribution in [0.4, 0.5) is 0 Å². The predicted molar refractivity (Wildman–Crippen MR) is 69.1 cm³/mol. The molecule has 0 saturated carbocycles. The standard InChI is InChI=1S/C7H5NS.C2H5NS2/c1-2-4-7-6(3-1)8-5-9-7;1-5(4)2-3/h1-5H;4-5H,1H3. The van der Waals surface area contributed by atoms with Crippen LogP contribution in [0.3, 0.4) is 0 Å². The van der Waals surface area contributed by atoms with Crippen LogP contribution in [0.1, 0.15) is 0 Å². The number of fused-ring (bicyclic) bond motifs is 1. The minimum absolute atomic E-state index is 0.598. The van der Waals surface area contributed by atoms with Crippen molar-refractivity contribution in [2.75, 3.05) is 6.26 Å². The predicted octanol–water partition coefficient (Wildman–Crippen LogP) is 3.24. The van der Waals surface area contributed by atoms with Crippen molar-refractivity contribution in [1.82, 2.24) is 4.98 Å². The van der Waals surface area contributed by atoms with Crippen molar-refractivity contribution in [2.45, 2.75) is 0 Å². The van der Waals surface area contributed by atoms with Crippen molar-refractivity contribution in [3.63, 3.8) is 0 Å². The van der Waals surface area contributed by atoms with Crippen LogP contribution in [0.25, 0.3) is 10.2 Å². The molecule has 0 aliphatic rings. The van der Waals surface area contributed by atoms with Crippen molar-refractivity contribution in [2.24, 2.45) is 0 Å². The third-order valence-corrected chi connectivity index (χ3v) is 2.75. The van der Waals surface area contributed by atoms with Gasteiger partial charge in [-0.15, -0.1) is 32.9 Å². The molecule has 1 aromatic carbocycles. The summed E-state index contributed by atoms with van der Waals surface area (Å²) < 4.78 is 1.26. The zero-order valence-corrected chi connectivity index (χ0v) is 10.2. The molecular weight excluding hydrogens is 232 g/mol. The van der Waals surface area contributed by atoms with Crippen molar-refractivity contribution in [1.29, 1.82) is 5.26 Å². The highest BCUT2D eigenvalue weighted by atomic mass is 33.1. The molecule has 0 N–H and O–H groups in total. The summed E-state index contributed by atoms with van der Waals surface area (Å²) in [6.45, 7) is 0. The number of thiol groups is 2. The molecule has 1 unspecified atom stereocenters. The van der Waals surface area contributed by atoms with Gasteiger partial charge in [0.2, 0.25) is 0 Å². The molecule has 0 radical (unpaired) electrons. The molecule has 0 fully saturated rings. The number of nitrogens with zero attached hydrogens (tertiary/aromatic N) is 2. The SMILES string of the molecule is C[SH](S)C#N.c1ccc2scnc2c1. The molecule has 5 heteroatoms. The molecule has 74 valence electrons. The molecule has 1 heterocycles. The number of hydrogen-bond donors (Lipinski definition) is 2. The summed E-state index contributed by atoms with van der Waals surface area (Å²) in [6, 6.07) is 8.13. The molecular formula is C9H10N2S3. The Morgan fingerprint density at radius 2 is 2.14 bits per heavy atom. The van der Waals surface area contributed by atoms with Crippen molar-refractivity contribution < 1.29 is 0 Å². The maximum atomic E-state index is 7.85. The second kappa shape index (κ2) is 5.91. The Kier molecular flexibility index (Phi) is 4.80. The molecule has 0 bridgehead atoms. The number of thiazole rings is 1. The van der Waals surface area contributed by atoms with E-state index in [4.69, 9.17) is 5.26 Å². The number of hydrogen-bond acceptors (Lipinski definition) is 4. The van der Waals surface area contributed by atoms with Crippen molar-refractivity contribution in [3.05, 3.63) is 29.8 Å². The zero-order valence-electron chi connectivity index (χ0n) is 7.58. The van der Waals surface area contributed by atoms with E-state index in [1.807, 2.05) is 29.1 Å². The van der Waals surface area contributed by atoms with E-state index >= 15 is 0 Å². The number of nitriles is 1. The maximum Gasteiger partial charge on any atom is 0.119 e. The van der Waals surface area contributed by atoms with Crippen LogP contribution in [-0.2, 0) is 0 Å². The lowest BCUT2D eigenvalue weighted by atomic mass is 10.3. The van der Waals surface area contributed by atoms with Gasteiger partial charge < -0.3 is 0 Å². The third-order valence-electron chi connectivity index (χ3n) is 1.38. The highest BCUT2D eigenvalue weighted by molar-refractivity contribution is 8.79. The number of benzene rings is 1. The molecule has 0 saturated heterocycles. The topological polar surface area (TPSA) is 36.7 Å². The fourth-order valence-electron chi connectivity index (χ4n) is 0.803. The summed E-state index contributed by atoms with van der Waals surface area (Å²) in [5.41, 5.74) is 2.97. The Hall–Kier alpha value is -0.700. The Bertz CT molecular complexity index is 401. The molecule has 0 spiro atoms. The highest BCUT2D eigenvalue weighted by Crippen LogP contribution is 2.20. The van der Waals surface area contributed by atoms with Gasteiger partial charge in [0, 0.05) is 0 Å². The van der Waals surface area contributed by atoms with Crippen molar-refractivity contribution >= 4 is 43.1 Å². The molecule has 2 aromatic rings. The van der Waals surface area contributed by atoms with E-state index in [-0.39, 0.29) is 0 Å². The van der Waals surface area contributed by atoms with E-state index in [0.29, 0.717) is 0 Å². The van der Waals surface area contributed by atoms with Crippen LogP contribution in [0.2, 0.25) is 0 Å². The average molecular weight is 242 g/mol. The fraction of sp³-hybridized carbons (Fsp3) is 0.111. The molecule has 14 heavy (non-hydrogen) atoms. The Balaban J connectivity index is 0.000000171. The number of aromatic nitrogens is 1. The third kappa shape index (κ3) is 3.58. The van der Waals surface area contributed by atoms with Gasteiger partial charge in [-0.1, -0.05) is 12.1 Å². The van der Waals surface area contributed by atoms with E-state index < -0.39 is 9.93 Å². The summed E-state index contributed by atoms with van der Waals surface area (Å²) in [6.07, 6.45) is 1.79. The minimum atomic E-state index is -0.598. The summed E-state index contributed by atoms with van der Waals surface area (Å²) in [5.74, 6) is 0. The van der Waals surface area contributed by atoms with Gasteiger partial charge in [-0.25, -0.2) is 4.98 Å². The molecule has 2 nitrogen and oxygen atoms in total. The molecule has 1 atom stereocenters. The van der Waals surface area contributed by atoms with Gasteiger partial charge >= 0.3 is 0 Å². The lowest BCUT2D eigenvalue weighted by Crippen LogP contribution is -1.61. The van der Waals surface area contributed by atoms with Gasteiger partial charge in [0.25, 0.3) is 0 Å². The van der Waals surface area contributed by atoms with Crippen LogP contribution in [0.15, 0.2) is 29.8 Å². The second-order valence-electron chi connectivity index (χ2n) is 2.44. The van der Waals surface area contributed by atoms with Crippen LogP contribution >= 0.6 is 32.9 Å². The first-order valence-corrected chi connectivity index (χ1v) is 7.66. The van der Waals surface area contributed by atoms with Gasteiger partial charge in [-0.3, -0.25) is 0 Å². The summed E-state index contributed by atoms with van der Waals surface area (Å²) in [5, 5.41) is 9.80. The first kappa shape index (κ1) is 11.4. The molecule has 0 aliphatic carbocycles. The normalized spacial score (nSPS) is 12.5. The van der Waals surface area contributed by atoms with Gasteiger partial charge in [-0.05, 0) is 18.4 Å². The fourth-order valence-corrected chi connectivity index (χ4v) is 1.48. The molecule has 0 amide bonds. The summed E-state index contributed by atoms with van der Waals surface area (Å²) in [7, 11) is -0.598. The molecule has 2 rings (SSSR count). The number of para-hydroxylation sites is 1. The van der Waals surface area contributed by atoms with Crippen molar-refractivity contribution in [3.8, 4) is 5.40 Å². The van der Waals surface area contributed by atoms with E-state index in [2.05, 4.69) is 22.7 Å². The largest absolute Gasteiger partial charge is 0.245 e. The first-order chi connectivity index (χ1) is 6.74. The van der Waals surface area contributed by atoms with E-state index in [9.17, 15) is 0 Å². The van der Waals surface area contributed by atoms with E-state index in [1.54, 1.807) is 17.6 Å². The Morgan fingerprint density at radius 3 is 2.71 bits per heavy atom. The quantitative estimate of drug-likeness (QED) is 0.423. The van der Waals surface area contributed by atoms with E-state index in [0.717, 1.165) is 5.52 Å². The van der Waals surface area contributed by atoms with Crippen LogP contribution in [0, 0.1) is 10.7 Å². The molecule has 1 aromatic heterocycles. The lowest BCUT2D eigenvalue weighted by molar-refractivity contribution is 1.50. The van der Waals surface area contributed by atoms with Gasteiger partial charge in [0.05, 0.1) is 15.7 Å². The lowest BCUT2D eigenvalue weighted by Gasteiger charge is -1.83. The number of thiocyanates is 1. The molecule has 0 aliphatic heterocycles. The van der Waals surface area contributed by atoms with Crippen LogP contribution < -0.4 is 0 Å². The maximum absolute atomic E-state index is 7.85. The first-order valence-electron chi connectivity index (χ1n) is 3.84. The zero-order chi connectivity index (χ0) is 10.4. The van der Waals surface area contributed by atoms with Crippen LogP contribution in [0.5, 0.6) is 0 Å². The van der Waals surface area contributed by atoms with Gasteiger partial charge in [0.15, 0.2) is 0 Å². The average Bonchev–Trinajstić information content (AvgIpc) is 2.66. The smallest absolute Gasteiger partial charge is 0.119 e. The minimum Gasteiger partial charge on any atom is -0.245 e. The van der Waals surface area contributed by atoms with Gasteiger partial charge in [0.1, 0.15) is 5.40 Å². The van der Waals surface area contributed by atoms with Gasteiger partial charge in [-0.2, -0.15) is 5.26 Å². The summed E-state index contributed by atoms with van der Waals surface area (Å²) in [4.78, 5) is 4.14. The Morgan fingerprint density at radius 1 is 1.50 bits per heavy atom. The summed E-state index contributed by atoms with van der Waals surface area (Å²) >= 11 is 5.48. The Labute approximate surface area is 94.7 Å². The van der Waals surface area contributed by atoms with E-state index in [1.165, 1.54) is 4.70 Å².